The number of benzene rings is 1. The third-order valence-corrected chi connectivity index (χ3v) is 5.94. The van der Waals surface area contributed by atoms with Gasteiger partial charge in [0.2, 0.25) is 5.91 Å². The number of nitriles is 1. The molecule has 0 radical (unpaired) electrons. The van der Waals surface area contributed by atoms with Gasteiger partial charge in [0.25, 0.3) is 0 Å². The molecule has 3 rings (SSSR count). The van der Waals surface area contributed by atoms with E-state index in [9.17, 15) is 20.0 Å². The summed E-state index contributed by atoms with van der Waals surface area (Å²) in [6.07, 6.45) is 2.78. The van der Waals surface area contributed by atoms with Gasteiger partial charge in [-0.1, -0.05) is 43.2 Å². The number of aliphatic carboxylic acids is 1. The quantitative estimate of drug-likeness (QED) is 0.835. The Kier molecular flexibility index (Phi) is 5.38. The smallest absolute Gasteiger partial charge is 0.307 e. The second-order valence-electron chi connectivity index (χ2n) is 6.54. The van der Waals surface area contributed by atoms with E-state index in [4.69, 9.17) is 0 Å². The van der Waals surface area contributed by atoms with Crippen molar-refractivity contribution in [2.75, 3.05) is 5.32 Å². The zero-order valence-corrected chi connectivity index (χ0v) is 15.3. The number of amides is 1. The van der Waals surface area contributed by atoms with Crippen molar-refractivity contribution in [2.45, 2.75) is 32.6 Å². The SMILES string of the molecule is Cc1sc(NC(=O)C2CCCCC2C(=O)O)c(C#N)c1-c1ccccc1. The van der Waals surface area contributed by atoms with Crippen LogP contribution in [0.15, 0.2) is 30.3 Å². The molecule has 0 saturated heterocycles. The fraction of sp³-hybridized carbons (Fsp3) is 0.350. The predicted molar refractivity (Wildman–Crippen MR) is 101 cm³/mol. The Morgan fingerprint density at radius 3 is 2.46 bits per heavy atom. The molecule has 0 spiro atoms. The summed E-state index contributed by atoms with van der Waals surface area (Å²) in [6.45, 7) is 1.92. The summed E-state index contributed by atoms with van der Waals surface area (Å²) in [7, 11) is 0. The number of anilines is 1. The minimum Gasteiger partial charge on any atom is -0.481 e. The van der Waals surface area contributed by atoms with Crippen LogP contribution in [0.25, 0.3) is 11.1 Å². The minimum atomic E-state index is -0.919. The Bertz CT molecular complexity index is 867. The maximum Gasteiger partial charge on any atom is 0.307 e. The maximum atomic E-state index is 12.7. The Labute approximate surface area is 156 Å². The van der Waals surface area contributed by atoms with Crippen LogP contribution >= 0.6 is 11.3 Å². The molecule has 2 atom stereocenters. The fourth-order valence-electron chi connectivity index (χ4n) is 3.64. The van der Waals surface area contributed by atoms with Crippen molar-refractivity contribution in [2.24, 2.45) is 11.8 Å². The maximum absolute atomic E-state index is 12.7. The van der Waals surface area contributed by atoms with Gasteiger partial charge in [-0.2, -0.15) is 5.26 Å². The first-order valence-corrected chi connectivity index (χ1v) is 9.47. The van der Waals surface area contributed by atoms with Gasteiger partial charge in [-0.25, -0.2) is 0 Å². The van der Waals surface area contributed by atoms with E-state index < -0.39 is 17.8 Å². The summed E-state index contributed by atoms with van der Waals surface area (Å²) >= 11 is 1.36. The molecule has 26 heavy (non-hydrogen) atoms. The molecule has 1 heterocycles. The summed E-state index contributed by atoms with van der Waals surface area (Å²) in [5.74, 6) is -2.41. The van der Waals surface area contributed by atoms with Crippen LogP contribution < -0.4 is 5.32 Å². The largest absolute Gasteiger partial charge is 0.481 e. The van der Waals surface area contributed by atoms with Crippen LogP contribution in [-0.2, 0) is 9.59 Å². The van der Waals surface area contributed by atoms with Crippen LogP contribution in [0.2, 0.25) is 0 Å². The summed E-state index contributed by atoms with van der Waals surface area (Å²) in [4.78, 5) is 25.1. The van der Waals surface area contributed by atoms with Crippen molar-refractivity contribution in [1.82, 2.24) is 0 Å². The highest BCUT2D eigenvalue weighted by atomic mass is 32.1. The standard InChI is InChI=1S/C20H20N2O3S/c1-12-17(13-7-3-2-4-8-13)16(11-21)19(26-12)22-18(23)14-9-5-6-10-15(14)20(24)25/h2-4,7-8,14-15H,5-6,9-10H2,1H3,(H,22,23)(H,24,25). The molecular formula is C20H20N2O3S. The van der Waals surface area contributed by atoms with Crippen molar-refractivity contribution >= 4 is 28.2 Å². The predicted octanol–water partition coefficient (Wildman–Crippen LogP) is 4.42. The number of thiophene rings is 1. The molecule has 2 N–H and O–H groups in total. The average Bonchev–Trinajstić information content (AvgIpc) is 2.97. The number of carboxylic acid groups (broad SMARTS) is 1. The number of carbonyl (C=O) groups excluding carboxylic acids is 1. The molecule has 1 fully saturated rings. The summed E-state index contributed by atoms with van der Waals surface area (Å²) in [6, 6.07) is 11.8. The van der Waals surface area contributed by atoms with Gasteiger partial charge in [-0.3, -0.25) is 9.59 Å². The Balaban J connectivity index is 1.90. The van der Waals surface area contributed by atoms with Crippen molar-refractivity contribution in [3.05, 3.63) is 40.8 Å². The lowest BCUT2D eigenvalue weighted by Crippen LogP contribution is -2.36. The number of nitrogens with one attached hydrogen (secondary N) is 1. The minimum absolute atomic E-state index is 0.297. The Morgan fingerprint density at radius 2 is 1.85 bits per heavy atom. The van der Waals surface area contributed by atoms with E-state index >= 15 is 0 Å². The van der Waals surface area contributed by atoms with Gasteiger partial charge in [0.1, 0.15) is 11.1 Å². The van der Waals surface area contributed by atoms with Crippen molar-refractivity contribution in [3.8, 4) is 17.2 Å². The first-order valence-electron chi connectivity index (χ1n) is 8.65. The number of carbonyl (C=O) groups is 2. The van der Waals surface area contributed by atoms with Gasteiger partial charge in [0.15, 0.2) is 0 Å². The van der Waals surface area contributed by atoms with E-state index in [1.165, 1.54) is 11.3 Å². The molecule has 2 aromatic rings. The molecule has 1 aliphatic rings. The lowest BCUT2D eigenvalue weighted by Gasteiger charge is -2.27. The Hall–Kier alpha value is -2.65. The molecule has 1 amide bonds. The fourth-order valence-corrected chi connectivity index (χ4v) is 4.67. The first kappa shape index (κ1) is 18.2. The third kappa shape index (κ3) is 3.49. The van der Waals surface area contributed by atoms with Gasteiger partial charge in [0.05, 0.1) is 17.4 Å². The molecule has 2 unspecified atom stereocenters. The topological polar surface area (TPSA) is 90.2 Å². The van der Waals surface area contributed by atoms with Crippen LogP contribution in [0.4, 0.5) is 5.00 Å². The third-order valence-electron chi connectivity index (χ3n) is 4.92. The van der Waals surface area contributed by atoms with Gasteiger partial charge < -0.3 is 10.4 Å². The molecule has 1 aromatic carbocycles. The molecule has 134 valence electrons. The number of aryl methyl sites for hydroxylation is 1. The number of nitrogens with zero attached hydrogens (tertiary/aromatic N) is 1. The molecule has 0 aliphatic heterocycles. The van der Waals surface area contributed by atoms with Crippen LogP contribution in [0, 0.1) is 30.1 Å². The van der Waals surface area contributed by atoms with Crippen molar-refractivity contribution in [1.29, 1.82) is 5.26 Å². The van der Waals surface area contributed by atoms with Gasteiger partial charge in [0, 0.05) is 10.4 Å². The van der Waals surface area contributed by atoms with Gasteiger partial charge >= 0.3 is 5.97 Å². The zero-order valence-electron chi connectivity index (χ0n) is 14.5. The van der Waals surface area contributed by atoms with E-state index in [-0.39, 0.29) is 5.91 Å². The van der Waals surface area contributed by atoms with Gasteiger partial charge in [-0.05, 0) is 25.3 Å². The van der Waals surface area contributed by atoms with E-state index in [2.05, 4.69) is 11.4 Å². The highest BCUT2D eigenvalue weighted by molar-refractivity contribution is 7.17. The average molecular weight is 368 g/mol. The molecule has 1 aromatic heterocycles. The van der Waals surface area contributed by atoms with E-state index in [1.807, 2.05) is 37.3 Å². The van der Waals surface area contributed by atoms with Crippen LogP contribution in [0.1, 0.15) is 36.1 Å². The lowest BCUT2D eigenvalue weighted by atomic mass is 9.79. The van der Waals surface area contributed by atoms with Gasteiger partial charge in [-0.15, -0.1) is 11.3 Å². The lowest BCUT2D eigenvalue weighted by molar-refractivity contribution is -0.147. The zero-order chi connectivity index (χ0) is 18.7. The number of hydrogen-bond donors (Lipinski definition) is 2. The molecule has 6 heteroatoms. The number of carboxylic acids is 1. The van der Waals surface area contributed by atoms with Crippen LogP contribution in [0.3, 0.4) is 0 Å². The molecular weight excluding hydrogens is 348 g/mol. The Morgan fingerprint density at radius 1 is 1.19 bits per heavy atom. The summed E-state index contributed by atoms with van der Waals surface area (Å²) < 4.78 is 0. The monoisotopic (exact) mass is 368 g/mol. The summed E-state index contributed by atoms with van der Waals surface area (Å²) in [5, 5.41) is 22.4. The van der Waals surface area contributed by atoms with Crippen molar-refractivity contribution < 1.29 is 14.7 Å². The van der Waals surface area contributed by atoms with E-state index in [0.29, 0.717) is 23.4 Å². The molecule has 0 bridgehead atoms. The van der Waals surface area contributed by atoms with Crippen LogP contribution in [0.5, 0.6) is 0 Å². The summed E-state index contributed by atoms with van der Waals surface area (Å²) in [5.41, 5.74) is 2.20. The highest BCUT2D eigenvalue weighted by Crippen LogP contribution is 2.40. The van der Waals surface area contributed by atoms with E-state index in [1.54, 1.807) is 0 Å². The molecule has 5 nitrogen and oxygen atoms in total. The number of rotatable bonds is 4. The van der Waals surface area contributed by atoms with Crippen LogP contribution in [-0.4, -0.2) is 17.0 Å². The second kappa shape index (κ2) is 7.71. The number of hydrogen-bond acceptors (Lipinski definition) is 4. The second-order valence-corrected chi connectivity index (χ2v) is 7.76. The normalized spacial score (nSPS) is 19.5. The first-order chi connectivity index (χ1) is 12.5. The highest BCUT2D eigenvalue weighted by Gasteiger charge is 2.36. The molecule has 1 aliphatic carbocycles. The van der Waals surface area contributed by atoms with Crippen molar-refractivity contribution in [3.63, 3.8) is 0 Å². The molecule has 1 saturated carbocycles. The van der Waals surface area contributed by atoms with E-state index in [0.717, 1.165) is 28.8 Å².